The van der Waals surface area contributed by atoms with Crippen molar-refractivity contribution < 1.29 is 9.90 Å². The molecule has 0 spiro atoms. The van der Waals surface area contributed by atoms with Gasteiger partial charge >= 0.3 is 5.97 Å². The van der Waals surface area contributed by atoms with Crippen LogP contribution in [0.2, 0.25) is 0 Å². The van der Waals surface area contributed by atoms with Crippen molar-refractivity contribution in [3.8, 4) is 11.1 Å². The van der Waals surface area contributed by atoms with Gasteiger partial charge in [-0.3, -0.25) is 4.79 Å². The third kappa shape index (κ3) is 3.37. The molecule has 5 nitrogen and oxygen atoms in total. The Labute approximate surface area is 164 Å². The smallest absolute Gasteiger partial charge is 0.346 e. The first-order valence-electron chi connectivity index (χ1n) is 8.63. The summed E-state index contributed by atoms with van der Waals surface area (Å²) in [5.74, 6) is -0.654. The summed E-state index contributed by atoms with van der Waals surface area (Å²) in [5, 5.41) is 9.58. The Hall–Kier alpha value is -3.51. The first-order valence-corrected chi connectivity index (χ1v) is 9.45. The second kappa shape index (κ2) is 7.25. The van der Waals surface area contributed by atoms with Crippen molar-refractivity contribution in [3.05, 3.63) is 86.8 Å². The summed E-state index contributed by atoms with van der Waals surface area (Å²) < 4.78 is 0. The Bertz CT molecular complexity index is 1250. The quantitative estimate of drug-likeness (QED) is 0.525. The van der Waals surface area contributed by atoms with Crippen LogP contribution in [0.5, 0.6) is 0 Å². The molecule has 0 unspecified atom stereocenters. The maximum absolute atomic E-state index is 12.4. The van der Waals surface area contributed by atoms with Crippen LogP contribution in [0.4, 0.5) is 0 Å². The molecule has 0 saturated carbocycles. The van der Waals surface area contributed by atoms with Crippen molar-refractivity contribution in [1.82, 2.24) is 9.97 Å². The number of thiophene rings is 1. The van der Waals surface area contributed by atoms with E-state index in [1.807, 2.05) is 48.5 Å². The molecule has 4 aromatic rings. The molecule has 0 aliphatic carbocycles. The minimum Gasteiger partial charge on any atom is -0.477 e. The lowest BCUT2D eigenvalue weighted by molar-refractivity contribution is 0.0701. The Morgan fingerprint density at radius 3 is 2.39 bits per heavy atom. The van der Waals surface area contributed by atoms with E-state index in [-0.39, 0.29) is 10.4 Å². The summed E-state index contributed by atoms with van der Waals surface area (Å²) in [4.78, 5) is 31.3. The van der Waals surface area contributed by atoms with Crippen molar-refractivity contribution >= 4 is 39.7 Å². The Morgan fingerprint density at radius 1 is 1.04 bits per heavy atom. The molecule has 0 amide bonds. The number of nitrogens with zero attached hydrogens (tertiary/aromatic N) is 1. The molecule has 0 aliphatic heterocycles. The normalized spacial score (nSPS) is 11.3. The van der Waals surface area contributed by atoms with Gasteiger partial charge in [0.05, 0.1) is 5.39 Å². The van der Waals surface area contributed by atoms with E-state index >= 15 is 0 Å². The summed E-state index contributed by atoms with van der Waals surface area (Å²) in [5.41, 5.74) is 3.37. The van der Waals surface area contributed by atoms with Gasteiger partial charge in [0, 0.05) is 0 Å². The Balaban J connectivity index is 1.63. The molecular formula is C22H16N2O3S. The van der Waals surface area contributed by atoms with E-state index in [0.717, 1.165) is 28.0 Å². The van der Waals surface area contributed by atoms with Crippen LogP contribution < -0.4 is 5.56 Å². The SMILES string of the molecule is Cc1c(C(=O)O)sc2nc(/C=C/c3ccc(-c4ccccc4)cc3)[nH]c(=O)c12. The minimum absolute atomic E-state index is 0.144. The van der Waals surface area contributed by atoms with Crippen LogP contribution in [0.3, 0.4) is 0 Å². The molecule has 2 heterocycles. The van der Waals surface area contributed by atoms with Crippen LogP contribution in [0.15, 0.2) is 59.4 Å². The number of carboxylic acid groups (broad SMARTS) is 1. The van der Waals surface area contributed by atoms with Crippen LogP contribution in [0, 0.1) is 6.92 Å². The second-order valence-electron chi connectivity index (χ2n) is 6.31. The average molecular weight is 388 g/mol. The summed E-state index contributed by atoms with van der Waals surface area (Å²) in [6.45, 7) is 1.63. The summed E-state index contributed by atoms with van der Waals surface area (Å²) in [7, 11) is 0. The van der Waals surface area contributed by atoms with Crippen molar-refractivity contribution in [1.29, 1.82) is 0 Å². The van der Waals surface area contributed by atoms with Gasteiger partial charge in [0.2, 0.25) is 0 Å². The number of rotatable bonds is 4. The number of aryl methyl sites for hydroxylation is 1. The van der Waals surface area contributed by atoms with Crippen LogP contribution in [-0.4, -0.2) is 21.0 Å². The Kier molecular flexibility index (Phi) is 4.63. The second-order valence-corrected chi connectivity index (χ2v) is 7.31. The molecule has 0 bridgehead atoms. The van der Waals surface area contributed by atoms with Crippen molar-refractivity contribution in [3.63, 3.8) is 0 Å². The molecule has 0 saturated heterocycles. The van der Waals surface area contributed by atoms with Gasteiger partial charge in [-0.05, 0) is 35.3 Å². The van der Waals surface area contributed by atoms with E-state index in [0.29, 0.717) is 21.6 Å². The number of benzene rings is 2. The predicted molar refractivity (Wildman–Crippen MR) is 113 cm³/mol. The van der Waals surface area contributed by atoms with Gasteiger partial charge in [0.25, 0.3) is 5.56 Å². The highest BCUT2D eigenvalue weighted by atomic mass is 32.1. The van der Waals surface area contributed by atoms with Gasteiger partial charge < -0.3 is 10.1 Å². The highest BCUT2D eigenvalue weighted by Gasteiger charge is 2.18. The van der Waals surface area contributed by atoms with Gasteiger partial charge in [0.15, 0.2) is 0 Å². The lowest BCUT2D eigenvalue weighted by Gasteiger charge is -2.02. The standard InChI is InChI=1S/C22H16N2O3S/c1-13-18-20(25)23-17(24-21(18)28-19(13)22(26)27)12-9-14-7-10-16(11-8-14)15-5-3-2-4-6-15/h2-12H,1H3,(H,26,27)(H,23,24,25)/b12-9+. The summed E-state index contributed by atoms with van der Waals surface area (Å²) >= 11 is 1.02. The van der Waals surface area contributed by atoms with Crippen LogP contribution >= 0.6 is 11.3 Å². The monoisotopic (exact) mass is 388 g/mol. The van der Waals surface area contributed by atoms with Gasteiger partial charge in [-0.25, -0.2) is 9.78 Å². The van der Waals surface area contributed by atoms with Gasteiger partial charge in [-0.1, -0.05) is 60.7 Å². The van der Waals surface area contributed by atoms with Gasteiger partial charge in [0.1, 0.15) is 15.5 Å². The maximum atomic E-state index is 12.4. The fraction of sp³-hybridized carbons (Fsp3) is 0.0455. The molecule has 4 rings (SSSR count). The van der Waals surface area contributed by atoms with Crippen molar-refractivity contribution in [2.24, 2.45) is 0 Å². The van der Waals surface area contributed by atoms with Crippen LogP contribution in [-0.2, 0) is 0 Å². The fourth-order valence-electron chi connectivity index (χ4n) is 3.04. The molecular weight excluding hydrogens is 372 g/mol. The van der Waals surface area contributed by atoms with E-state index in [1.165, 1.54) is 0 Å². The third-order valence-corrected chi connectivity index (χ3v) is 5.64. The first-order chi connectivity index (χ1) is 13.5. The Morgan fingerprint density at radius 2 is 1.71 bits per heavy atom. The van der Waals surface area contributed by atoms with Crippen molar-refractivity contribution in [2.75, 3.05) is 0 Å². The zero-order valence-electron chi connectivity index (χ0n) is 15.0. The molecule has 0 fully saturated rings. The molecule has 2 N–H and O–H groups in total. The average Bonchev–Trinajstić information content (AvgIpc) is 3.05. The molecule has 0 aliphatic rings. The molecule has 0 atom stereocenters. The minimum atomic E-state index is -1.05. The van der Waals surface area contributed by atoms with Crippen LogP contribution in [0.1, 0.15) is 26.6 Å². The first kappa shape index (κ1) is 17.9. The number of aromatic amines is 1. The number of hydrogen-bond donors (Lipinski definition) is 2. The number of nitrogens with one attached hydrogen (secondary N) is 1. The molecule has 0 radical (unpaired) electrons. The number of H-pyrrole nitrogens is 1. The van der Waals surface area contributed by atoms with E-state index in [1.54, 1.807) is 13.0 Å². The number of fused-ring (bicyclic) bond motifs is 1. The highest BCUT2D eigenvalue weighted by Crippen LogP contribution is 2.27. The predicted octanol–water partition coefficient (Wildman–Crippen LogP) is 4.83. The number of carbonyl (C=O) groups is 1. The van der Waals surface area contributed by atoms with Gasteiger partial charge in [-0.15, -0.1) is 11.3 Å². The van der Waals surface area contributed by atoms with E-state index in [9.17, 15) is 14.7 Å². The van der Waals surface area contributed by atoms with E-state index in [4.69, 9.17) is 0 Å². The summed E-state index contributed by atoms with van der Waals surface area (Å²) in [6.07, 6.45) is 3.57. The topological polar surface area (TPSA) is 83.0 Å². The third-order valence-electron chi connectivity index (χ3n) is 4.46. The molecule has 6 heteroatoms. The zero-order chi connectivity index (χ0) is 19.7. The number of aromatic carboxylic acids is 1. The van der Waals surface area contributed by atoms with E-state index < -0.39 is 5.97 Å². The van der Waals surface area contributed by atoms with Gasteiger partial charge in [-0.2, -0.15) is 0 Å². The number of hydrogen-bond acceptors (Lipinski definition) is 4. The molecule has 2 aromatic heterocycles. The fourth-order valence-corrected chi connectivity index (χ4v) is 4.06. The number of carboxylic acids is 1. The van der Waals surface area contributed by atoms with E-state index in [2.05, 4.69) is 22.1 Å². The molecule has 138 valence electrons. The molecule has 2 aromatic carbocycles. The van der Waals surface area contributed by atoms with Crippen molar-refractivity contribution in [2.45, 2.75) is 6.92 Å². The summed E-state index contributed by atoms with van der Waals surface area (Å²) in [6, 6.07) is 18.2. The lowest BCUT2D eigenvalue weighted by Crippen LogP contribution is -2.09. The molecule has 28 heavy (non-hydrogen) atoms. The highest BCUT2D eigenvalue weighted by molar-refractivity contribution is 7.20. The number of aromatic nitrogens is 2. The van der Waals surface area contributed by atoms with Crippen LogP contribution in [0.25, 0.3) is 33.5 Å². The largest absolute Gasteiger partial charge is 0.477 e. The zero-order valence-corrected chi connectivity index (χ0v) is 15.8. The lowest BCUT2D eigenvalue weighted by atomic mass is 10.0. The maximum Gasteiger partial charge on any atom is 0.346 e.